The fraction of sp³-hybridized carbons (Fsp3) is 0.318. The lowest BCUT2D eigenvalue weighted by Gasteiger charge is -2.18. The van der Waals surface area contributed by atoms with Gasteiger partial charge in [0.2, 0.25) is 0 Å². The SMILES string of the molecule is CCc1nn(-c2c(C)cc(C#N)cc2C)c(=O)c(-n2cc(Cl)cn2)c1OC(=O)C(C)C. The molecule has 0 N–H and O–H groups in total. The van der Waals surface area contributed by atoms with Crippen LogP contribution in [-0.4, -0.2) is 25.5 Å². The molecule has 31 heavy (non-hydrogen) atoms. The zero-order chi connectivity index (χ0) is 22.9. The summed E-state index contributed by atoms with van der Waals surface area (Å²) in [5.41, 5.74) is 2.40. The van der Waals surface area contributed by atoms with Gasteiger partial charge in [-0.2, -0.15) is 20.1 Å². The minimum absolute atomic E-state index is 0.0379. The molecule has 0 amide bonds. The Bertz CT molecular complexity index is 1240. The van der Waals surface area contributed by atoms with E-state index in [0.717, 1.165) is 0 Å². The second-order valence-electron chi connectivity index (χ2n) is 7.44. The summed E-state index contributed by atoms with van der Waals surface area (Å²) in [6, 6.07) is 5.50. The van der Waals surface area contributed by atoms with Gasteiger partial charge in [0.1, 0.15) is 5.69 Å². The third-order valence-corrected chi connectivity index (χ3v) is 4.91. The lowest BCUT2D eigenvalue weighted by molar-refractivity contribution is -0.137. The number of benzene rings is 1. The molecule has 0 radical (unpaired) electrons. The first-order valence-electron chi connectivity index (χ1n) is 9.78. The van der Waals surface area contributed by atoms with Crippen LogP contribution in [0.5, 0.6) is 5.75 Å². The number of hydrogen-bond acceptors (Lipinski definition) is 6. The van der Waals surface area contributed by atoms with Crippen molar-refractivity contribution in [1.29, 1.82) is 5.26 Å². The number of esters is 1. The molecule has 0 aliphatic rings. The number of nitrogens with zero attached hydrogens (tertiary/aromatic N) is 5. The maximum absolute atomic E-state index is 13.6. The molecule has 9 heteroatoms. The normalized spacial score (nSPS) is 10.9. The number of aryl methyl sites for hydroxylation is 3. The molecule has 1 aromatic carbocycles. The fourth-order valence-corrected chi connectivity index (χ4v) is 3.37. The van der Waals surface area contributed by atoms with Crippen molar-refractivity contribution < 1.29 is 9.53 Å². The third-order valence-electron chi connectivity index (χ3n) is 4.71. The molecule has 0 saturated heterocycles. The summed E-state index contributed by atoms with van der Waals surface area (Å²) in [5, 5.41) is 18.2. The Morgan fingerprint density at radius 1 is 1.26 bits per heavy atom. The molecule has 3 rings (SSSR count). The lowest BCUT2D eigenvalue weighted by atomic mass is 10.0. The summed E-state index contributed by atoms with van der Waals surface area (Å²) >= 11 is 6.04. The summed E-state index contributed by atoms with van der Waals surface area (Å²) in [6.45, 7) is 8.87. The smallest absolute Gasteiger partial charge is 0.313 e. The van der Waals surface area contributed by atoms with Gasteiger partial charge in [0.15, 0.2) is 11.4 Å². The highest BCUT2D eigenvalue weighted by atomic mass is 35.5. The molecule has 8 nitrogen and oxygen atoms in total. The number of ether oxygens (including phenoxy) is 1. The van der Waals surface area contributed by atoms with Crippen LogP contribution in [0.15, 0.2) is 29.3 Å². The number of halogens is 1. The summed E-state index contributed by atoms with van der Waals surface area (Å²) in [7, 11) is 0. The fourth-order valence-electron chi connectivity index (χ4n) is 3.23. The maximum atomic E-state index is 13.6. The summed E-state index contributed by atoms with van der Waals surface area (Å²) in [5.74, 6) is -0.825. The average Bonchev–Trinajstić information content (AvgIpc) is 3.14. The van der Waals surface area contributed by atoms with Crippen LogP contribution in [0.2, 0.25) is 5.02 Å². The molecule has 0 fully saturated rings. The second-order valence-corrected chi connectivity index (χ2v) is 7.88. The van der Waals surface area contributed by atoms with Crippen molar-refractivity contribution in [2.75, 3.05) is 0 Å². The Morgan fingerprint density at radius 3 is 2.39 bits per heavy atom. The summed E-state index contributed by atoms with van der Waals surface area (Å²) < 4.78 is 8.16. The van der Waals surface area contributed by atoms with E-state index in [1.54, 1.807) is 39.8 Å². The first-order chi connectivity index (χ1) is 14.7. The van der Waals surface area contributed by atoms with E-state index in [9.17, 15) is 14.9 Å². The molecule has 0 unspecified atom stereocenters. The largest absolute Gasteiger partial charge is 0.422 e. The highest BCUT2D eigenvalue weighted by Crippen LogP contribution is 2.27. The molecular formula is C22H22ClN5O3. The van der Waals surface area contributed by atoms with E-state index in [2.05, 4.69) is 16.3 Å². The summed E-state index contributed by atoms with van der Waals surface area (Å²) in [6.07, 6.45) is 3.26. The summed E-state index contributed by atoms with van der Waals surface area (Å²) in [4.78, 5) is 26.0. The van der Waals surface area contributed by atoms with Gasteiger partial charge < -0.3 is 4.74 Å². The maximum Gasteiger partial charge on any atom is 0.313 e. The van der Waals surface area contributed by atoms with Gasteiger partial charge in [-0.05, 0) is 43.5 Å². The van der Waals surface area contributed by atoms with Gasteiger partial charge >= 0.3 is 11.5 Å². The van der Waals surface area contributed by atoms with Gasteiger partial charge in [0, 0.05) is 6.20 Å². The first-order valence-corrected chi connectivity index (χ1v) is 10.2. The zero-order valence-electron chi connectivity index (χ0n) is 17.9. The molecule has 0 aliphatic heterocycles. The van der Waals surface area contributed by atoms with Crippen LogP contribution in [0.4, 0.5) is 0 Å². The van der Waals surface area contributed by atoms with Crippen molar-refractivity contribution in [1.82, 2.24) is 19.6 Å². The molecular weight excluding hydrogens is 418 g/mol. The van der Waals surface area contributed by atoms with Crippen LogP contribution < -0.4 is 10.3 Å². The molecule has 2 heterocycles. The van der Waals surface area contributed by atoms with Crippen LogP contribution in [-0.2, 0) is 11.2 Å². The minimum atomic E-state index is -0.528. The lowest BCUT2D eigenvalue weighted by Crippen LogP contribution is -2.30. The van der Waals surface area contributed by atoms with Gasteiger partial charge in [0.05, 0.1) is 34.5 Å². The molecule has 0 saturated carbocycles. The Kier molecular flexibility index (Phi) is 6.27. The van der Waals surface area contributed by atoms with Crippen LogP contribution in [0, 0.1) is 31.1 Å². The van der Waals surface area contributed by atoms with E-state index < -0.39 is 17.4 Å². The Morgan fingerprint density at radius 2 is 1.90 bits per heavy atom. The van der Waals surface area contributed by atoms with Crippen LogP contribution in [0.1, 0.15) is 43.2 Å². The predicted octanol–water partition coefficient (Wildman–Crippen LogP) is 3.68. The Balaban J connectivity index is 2.38. The number of aromatic nitrogens is 4. The van der Waals surface area contributed by atoms with E-state index in [1.807, 2.05) is 6.92 Å². The van der Waals surface area contributed by atoms with E-state index in [0.29, 0.717) is 39.5 Å². The molecule has 0 spiro atoms. The van der Waals surface area contributed by atoms with Gasteiger partial charge in [-0.25, -0.2) is 4.68 Å². The highest BCUT2D eigenvalue weighted by Gasteiger charge is 2.25. The van der Waals surface area contributed by atoms with Gasteiger partial charge in [-0.15, -0.1) is 0 Å². The minimum Gasteiger partial charge on any atom is -0.422 e. The molecule has 3 aromatic rings. The topological polar surface area (TPSA) is 103 Å². The van der Waals surface area contributed by atoms with Gasteiger partial charge in [0.25, 0.3) is 0 Å². The van der Waals surface area contributed by atoms with Crippen LogP contribution in [0.3, 0.4) is 0 Å². The molecule has 0 aliphatic carbocycles. The standard InChI is InChI=1S/C22H22ClN5O3/c1-6-17-20(31-22(30)12(2)3)19(27-11-16(23)10-25-27)21(29)28(26-17)18-13(4)7-15(9-24)8-14(18)5/h7-8,10-12H,6H2,1-5H3. The molecule has 160 valence electrons. The first kappa shape index (κ1) is 22.2. The second kappa shape index (κ2) is 8.74. The van der Waals surface area contributed by atoms with E-state index in [1.165, 1.54) is 21.8 Å². The number of carbonyl (C=O) groups is 1. The quantitative estimate of drug-likeness (QED) is 0.562. The van der Waals surface area contributed by atoms with Crippen molar-refractivity contribution in [3.05, 3.63) is 62.3 Å². The molecule has 2 aromatic heterocycles. The molecule has 0 atom stereocenters. The van der Waals surface area contributed by atoms with Crippen LogP contribution >= 0.6 is 11.6 Å². The van der Waals surface area contributed by atoms with E-state index >= 15 is 0 Å². The number of carbonyl (C=O) groups excluding carboxylic acids is 1. The third kappa shape index (κ3) is 4.23. The van der Waals surface area contributed by atoms with Crippen molar-refractivity contribution in [2.45, 2.75) is 41.0 Å². The van der Waals surface area contributed by atoms with Gasteiger partial charge in [-0.1, -0.05) is 32.4 Å². The Hall–Kier alpha value is -3.44. The zero-order valence-corrected chi connectivity index (χ0v) is 18.7. The van der Waals surface area contributed by atoms with Gasteiger partial charge in [-0.3, -0.25) is 9.59 Å². The monoisotopic (exact) mass is 439 g/mol. The predicted molar refractivity (Wildman–Crippen MR) is 116 cm³/mol. The van der Waals surface area contributed by atoms with Crippen molar-refractivity contribution >= 4 is 17.6 Å². The van der Waals surface area contributed by atoms with E-state index in [4.69, 9.17) is 16.3 Å². The number of rotatable bonds is 5. The number of nitriles is 1. The highest BCUT2D eigenvalue weighted by molar-refractivity contribution is 6.30. The van der Waals surface area contributed by atoms with Crippen molar-refractivity contribution in [3.63, 3.8) is 0 Å². The van der Waals surface area contributed by atoms with Crippen LogP contribution in [0.25, 0.3) is 11.4 Å². The van der Waals surface area contributed by atoms with Crippen molar-refractivity contribution in [2.24, 2.45) is 5.92 Å². The average molecular weight is 440 g/mol. The van der Waals surface area contributed by atoms with E-state index in [-0.39, 0.29) is 11.4 Å². The number of hydrogen-bond donors (Lipinski definition) is 0. The molecule has 0 bridgehead atoms. The Labute approximate surface area is 184 Å². The van der Waals surface area contributed by atoms with Crippen molar-refractivity contribution in [3.8, 4) is 23.2 Å².